The molecule has 0 unspecified atom stereocenters. The molecule has 1 N–H and O–H groups in total. The SMILES string of the molecule is CCc1nc(-c2ncc(C)cn2)sc1CNCC(C)C. The van der Waals surface area contributed by atoms with E-state index in [1.807, 2.05) is 19.3 Å². The van der Waals surface area contributed by atoms with Gasteiger partial charge in [-0.05, 0) is 31.4 Å². The molecule has 0 bridgehead atoms. The summed E-state index contributed by atoms with van der Waals surface area (Å²) in [6.45, 7) is 10.5. The van der Waals surface area contributed by atoms with Crippen LogP contribution in [0, 0.1) is 12.8 Å². The fourth-order valence-corrected chi connectivity index (χ4v) is 2.94. The maximum absolute atomic E-state index is 4.68. The fraction of sp³-hybridized carbons (Fsp3) is 0.533. The number of aryl methyl sites for hydroxylation is 2. The van der Waals surface area contributed by atoms with Crippen molar-refractivity contribution in [2.45, 2.75) is 40.7 Å². The van der Waals surface area contributed by atoms with E-state index in [0.717, 1.165) is 41.6 Å². The summed E-state index contributed by atoms with van der Waals surface area (Å²) in [5.74, 6) is 1.39. The second-order valence-electron chi connectivity index (χ2n) is 5.35. The molecule has 0 aliphatic rings. The average Bonchev–Trinajstić information content (AvgIpc) is 2.82. The van der Waals surface area contributed by atoms with E-state index in [4.69, 9.17) is 0 Å². The third-order valence-corrected chi connectivity index (χ3v) is 4.02. The lowest BCUT2D eigenvalue weighted by atomic mass is 10.2. The van der Waals surface area contributed by atoms with Gasteiger partial charge in [0, 0.05) is 23.8 Å². The van der Waals surface area contributed by atoms with Gasteiger partial charge in [0.1, 0.15) is 0 Å². The molecular formula is C15H22N4S. The van der Waals surface area contributed by atoms with E-state index >= 15 is 0 Å². The molecule has 0 saturated carbocycles. The summed E-state index contributed by atoms with van der Waals surface area (Å²) >= 11 is 1.70. The Kier molecular flexibility index (Phi) is 5.20. The number of rotatable bonds is 6. The number of aromatic nitrogens is 3. The van der Waals surface area contributed by atoms with Crippen LogP contribution in [0.4, 0.5) is 0 Å². The van der Waals surface area contributed by atoms with Gasteiger partial charge < -0.3 is 5.32 Å². The van der Waals surface area contributed by atoms with Crippen molar-refractivity contribution in [2.24, 2.45) is 5.92 Å². The first-order valence-corrected chi connectivity index (χ1v) is 7.90. The molecule has 2 rings (SSSR count). The molecule has 0 radical (unpaired) electrons. The first kappa shape index (κ1) is 15.1. The standard InChI is InChI=1S/C15H22N4S/c1-5-12-13(9-16-6-10(2)3)20-15(19-12)14-17-7-11(4)8-18-14/h7-8,10,16H,5-6,9H2,1-4H3. The van der Waals surface area contributed by atoms with Crippen molar-refractivity contribution in [3.05, 3.63) is 28.5 Å². The summed E-state index contributed by atoms with van der Waals surface area (Å²) in [4.78, 5) is 14.7. The summed E-state index contributed by atoms with van der Waals surface area (Å²) in [6.07, 6.45) is 4.62. The number of hydrogen-bond acceptors (Lipinski definition) is 5. The maximum atomic E-state index is 4.68. The molecule has 0 saturated heterocycles. The van der Waals surface area contributed by atoms with E-state index in [0.29, 0.717) is 5.92 Å². The molecule has 2 aromatic heterocycles. The van der Waals surface area contributed by atoms with Crippen LogP contribution in [0.3, 0.4) is 0 Å². The molecule has 0 aliphatic carbocycles. The monoisotopic (exact) mass is 290 g/mol. The second-order valence-corrected chi connectivity index (χ2v) is 6.43. The zero-order valence-corrected chi connectivity index (χ0v) is 13.4. The van der Waals surface area contributed by atoms with Crippen LogP contribution >= 0.6 is 11.3 Å². The van der Waals surface area contributed by atoms with Gasteiger partial charge in [0.2, 0.25) is 0 Å². The molecule has 0 aromatic carbocycles. The highest BCUT2D eigenvalue weighted by molar-refractivity contribution is 7.15. The van der Waals surface area contributed by atoms with Gasteiger partial charge in [0.05, 0.1) is 5.69 Å². The third-order valence-electron chi connectivity index (χ3n) is 2.92. The molecule has 4 nitrogen and oxygen atoms in total. The van der Waals surface area contributed by atoms with Crippen LogP contribution < -0.4 is 5.32 Å². The van der Waals surface area contributed by atoms with E-state index in [9.17, 15) is 0 Å². The average molecular weight is 290 g/mol. The predicted molar refractivity (Wildman–Crippen MR) is 83.8 cm³/mol. The Bertz CT molecular complexity index is 546. The number of nitrogens with zero attached hydrogens (tertiary/aromatic N) is 3. The first-order chi connectivity index (χ1) is 9.60. The van der Waals surface area contributed by atoms with Crippen molar-refractivity contribution in [3.63, 3.8) is 0 Å². The molecule has 0 fully saturated rings. The van der Waals surface area contributed by atoms with Crippen molar-refractivity contribution in [1.82, 2.24) is 20.3 Å². The van der Waals surface area contributed by atoms with Crippen LogP contribution in [-0.4, -0.2) is 21.5 Å². The quantitative estimate of drug-likeness (QED) is 0.887. The van der Waals surface area contributed by atoms with E-state index in [1.54, 1.807) is 11.3 Å². The highest BCUT2D eigenvalue weighted by Gasteiger charge is 2.13. The lowest BCUT2D eigenvalue weighted by Gasteiger charge is -2.06. The van der Waals surface area contributed by atoms with Crippen LogP contribution in [0.5, 0.6) is 0 Å². The Labute approximate surface area is 124 Å². The Balaban J connectivity index is 2.15. The Hall–Kier alpha value is -1.33. The number of hydrogen-bond donors (Lipinski definition) is 1. The van der Waals surface area contributed by atoms with Gasteiger partial charge in [-0.25, -0.2) is 15.0 Å². The van der Waals surface area contributed by atoms with Crippen molar-refractivity contribution in [2.75, 3.05) is 6.54 Å². The van der Waals surface area contributed by atoms with Gasteiger partial charge >= 0.3 is 0 Å². The highest BCUT2D eigenvalue weighted by atomic mass is 32.1. The van der Waals surface area contributed by atoms with Crippen molar-refractivity contribution < 1.29 is 0 Å². The normalized spacial score (nSPS) is 11.2. The van der Waals surface area contributed by atoms with E-state index in [1.165, 1.54) is 4.88 Å². The third kappa shape index (κ3) is 3.84. The number of thiazole rings is 1. The molecule has 20 heavy (non-hydrogen) atoms. The largest absolute Gasteiger partial charge is 0.312 e. The van der Waals surface area contributed by atoms with Crippen molar-refractivity contribution >= 4 is 11.3 Å². The maximum Gasteiger partial charge on any atom is 0.188 e. The second kappa shape index (κ2) is 6.90. The molecule has 0 amide bonds. The molecule has 2 aromatic rings. The molecule has 0 spiro atoms. The van der Waals surface area contributed by atoms with Crippen LogP contribution in [0.15, 0.2) is 12.4 Å². The van der Waals surface area contributed by atoms with E-state index in [2.05, 4.69) is 41.0 Å². The first-order valence-electron chi connectivity index (χ1n) is 7.08. The van der Waals surface area contributed by atoms with E-state index in [-0.39, 0.29) is 0 Å². The van der Waals surface area contributed by atoms with Gasteiger partial charge in [-0.2, -0.15) is 0 Å². The zero-order chi connectivity index (χ0) is 14.5. The molecule has 5 heteroatoms. The smallest absolute Gasteiger partial charge is 0.188 e. The van der Waals surface area contributed by atoms with Crippen LogP contribution in [0.2, 0.25) is 0 Å². The van der Waals surface area contributed by atoms with Crippen molar-refractivity contribution in [1.29, 1.82) is 0 Å². The molecule has 2 heterocycles. The minimum atomic E-state index is 0.660. The van der Waals surface area contributed by atoms with Gasteiger partial charge in [-0.15, -0.1) is 11.3 Å². The molecular weight excluding hydrogens is 268 g/mol. The summed E-state index contributed by atoms with van der Waals surface area (Å²) in [5.41, 5.74) is 2.23. The fourth-order valence-electron chi connectivity index (χ4n) is 1.87. The summed E-state index contributed by atoms with van der Waals surface area (Å²) < 4.78 is 0. The summed E-state index contributed by atoms with van der Waals surface area (Å²) in [7, 11) is 0. The summed E-state index contributed by atoms with van der Waals surface area (Å²) in [6, 6.07) is 0. The van der Waals surface area contributed by atoms with Gasteiger partial charge in [0.25, 0.3) is 0 Å². The molecule has 0 aliphatic heterocycles. The zero-order valence-electron chi connectivity index (χ0n) is 12.6. The van der Waals surface area contributed by atoms with Crippen LogP contribution in [-0.2, 0) is 13.0 Å². The van der Waals surface area contributed by atoms with Gasteiger partial charge in [-0.1, -0.05) is 20.8 Å². The van der Waals surface area contributed by atoms with Gasteiger partial charge in [0.15, 0.2) is 10.8 Å². The van der Waals surface area contributed by atoms with Crippen LogP contribution in [0.1, 0.15) is 36.9 Å². The predicted octanol–water partition coefficient (Wildman–Crippen LogP) is 3.22. The lowest BCUT2D eigenvalue weighted by molar-refractivity contribution is 0.553. The summed E-state index contributed by atoms with van der Waals surface area (Å²) in [5, 5.41) is 4.40. The Morgan fingerprint density at radius 1 is 1.25 bits per heavy atom. The lowest BCUT2D eigenvalue weighted by Crippen LogP contribution is -2.18. The molecule has 0 atom stereocenters. The number of nitrogens with one attached hydrogen (secondary N) is 1. The Morgan fingerprint density at radius 3 is 2.55 bits per heavy atom. The highest BCUT2D eigenvalue weighted by Crippen LogP contribution is 2.26. The topological polar surface area (TPSA) is 50.7 Å². The minimum absolute atomic E-state index is 0.660. The van der Waals surface area contributed by atoms with Gasteiger partial charge in [-0.3, -0.25) is 0 Å². The van der Waals surface area contributed by atoms with Crippen LogP contribution in [0.25, 0.3) is 10.8 Å². The van der Waals surface area contributed by atoms with E-state index < -0.39 is 0 Å². The van der Waals surface area contributed by atoms with Crippen molar-refractivity contribution in [3.8, 4) is 10.8 Å². The Morgan fingerprint density at radius 2 is 1.95 bits per heavy atom. The minimum Gasteiger partial charge on any atom is -0.312 e. The molecule has 108 valence electrons.